The van der Waals surface area contributed by atoms with Crippen molar-refractivity contribution >= 4 is 16.7 Å². The Kier molecular flexibility index (Phi) is 4.98. The number of esters is 1. The van der Waals surface area contributed by atoms with Crippen molar-refractivity contribution in [1.82, 2.24) is 9.78 Å². The lowest BCUT2D eigenvalue weighted by Crippen LogP contribution is -2.25. The van der Waals surface area contributed by atoms with Gasteiger partial charge in [0.25, 0.3) is 5.56 Å². The maximum Gasteiger partial charge on any atom is 0.416 e. The van der Waals surface area contributed by atoms with E-state index in [1.54, 1.807) is 31.2 Å². The van der Waals surface area contributed by atoms with Gasteiger partial charge in [0.15, 0.2) is 5.69 Å². The molecule has 0 saturated carbocycles. The number of hydrogen-bond donors (Lipinski definition) is 0. The van der Waals surface area contributed by atoms with E-state index >= 15 is 0 Å². The van der Waals surface area contributed by atoms with Crippen LogP contribution in [0.2, 0.25) is 0 Å². The monoisotopic (exact) mass is 376 g/mol. The average molecular weight is 376 g/mol. The largest absolute Gasteiger partial charge is 0.456 e. The van der Waals surface area contributed by atoms with Crippen molar-refractivity contribution in [1.29, 1.82) is 0 Å². The number of carbonyl (C=O) groups excluding carboxylic acids is 1. The van der Waals surface area contributed by atoms with E-state index < -0.39 is 17.7 Å². The molecule has 0 spiro atoms. The Balaban J connectivity index is 1.89. The summed E-state index contributed by atoms with van der Waals surface area (Å²) >= 11 is 0. The number of rotatable bonds is 4. The molecule has 140 valence electrons. The summed E-state index contributed by atoms with van der Waals surface area (Å²) in [6.45, 7) is 1.63. The van der Waals surface area contributed by atoms with Crippen LogP contribution < -0.4 is 5.56 Å². The number of fused-ring (bicyclic) bond motifs is 1. The molecule has 1 heterocycles. The molecule has 0 atom stereocenters. The Morgan fingerprint density at radius 3 is 2.48 bits per heavy atom. The Morgan fingerprint density at radius 2 is 1.81 bits per heavy atom. The van der Waals surface area contributed by atoms with Gasteiger partial charge in [0.2, 0.25) is 0 Å². The van der Waals surface area contributed by atoms with Crippen LogP contribution in [0.3, 0.4) is 0 Å². The molecule has 0 N–H and O–H groups in total. The van der Waals surface area contributed by atoms with Crippen molar-refractivity contribution in [2.75, 3.05) is 0 Å². The topological polar surface area (TPSA) is 61.2 Å². The molecule has 0 radical (unpaired) electrons. The standard InChI is InChI=1S/C19H15F3N2O3/c1-2-24-17(25)15-9-4-3-8-14(15)16(23-24)18(26)27-11-12-6-5-7-13(10-12)19(20,21)22/h3-10H,2,11H2,1H3. The third-order valence-corrected chi connectivity index (χ3v) is 3.98. The highest BCUT2D eigenvalue weighted by Gasteiger charge is 2.30. The molecule has 3 aromatic rings. The minimum atomic E-state index is -4.48. The molecule has 1 aromatic heterocycles. The smallest absolute Gasteiger partial charge is 0.416 e. The van der Waals surface area contributed by atoms with Crippen LogP contribution in [0.1, 0.15) is 28.5 Å². The quantitative estimate of drug-likeness (QED) is 0.650. The van der Waals surface area contributed by atoms with Crippen molar-refractivity contribution in [2.24, 2.45) is 0 Å². The van der Waals surface area contributed by atoms with Gasteiger partial charge < -0.3 is 4.74 Å². The van der Waals surface area contributed by atoms with Gasteiger partial charge in [0, 0.05) is 11.9 Å². The second-order valence-electron chi connectivity index (χ2n) is 5.79. The van der Waals surface area contributed by atoms with E-state index in [-0.39, 0.29) is 30.0 Å². The molecule has 0 aliphatic carbocycles. The highest BCUT2D eigenvalue weighted by molar-refractivity contribution is 6.02. The highest BCUT2D eigenvalue weighted by Crippen LogP contribution is 2.29. The van der Waals surface area contributed by atoms with Gasteiger partial charge in [-0.25, -0.2) is 9.48 Å². The molecule has 0 aliphatic rings. The summed E-state index contributed by atoms with van der Waals surface area (Å²) in [5.41, 5.74) is -1.01. The van der Waals surface area contributed by atoms with Crippen LogP contribution in [0.5, 0.6) is 0 Å². The Labute approximate surface area is 152 Å². The van der Waals surface area contributed by atoms with Crippen LogP contribution in [0.4, 0.5) is 13.2 Å². The summed E-state index contributed by atoms with van der Waals surface area (Å²) in [6.07, 6.45) is -4.48. The van der Waals surface area contributed by atoms with Crippen molar-refractivity contribution in [3.63, 3.8) is 0 Å². The highest BCUT2D eigenvalue weighted by atomic mass is 19.4. The number of alkyl halides is 3. The number of nitrogens with zero attached hydrogens (tertiary/aromatic N) is 2. The van der Waals surface area contributed by atoms with Gasteiger partial charge in [-0.05, 0) is 30.7 Å². The van der Waals surface area contributed by atoms with E-state index in [4.69, 9.17) is 4.74 Å². The summed E-state index contributed by atoms with van der Waals surface area (Å²) in [6, 6.07) is 11.0. The van der Waals surface area contributed by atoms with E-state index in [1.165, 1.54) is 12.1 Å². The molecule has 0 amide bonds. The zero-order valence-electron chi connectivity index (χ0n) is 14.3. The third kappa shape index (κ3) is 3.84. The fraction of sp³-hybridized carbons (Fsp3) is 0.211. The first-order valence-corrected chi connectivity index (χ1v) is 8.14. The Morgan fingerprint density at radius 1 is 1.11 bits per heavy atom. The van der Waals surface area contributed by atoms with Crippen molar-refractivity contribution < 1.29 is 22.7 Å². The van der Waals surface area contributed by atoms with E-state index in [1.807, 2.05) is 0 Å². The first kappa shape index (κ1) is 18.6. The number of carbonyl (C=O) groups is 1. The Bertz CT molecular complexity index is 1060. The van der Waals surface area contributed by atoms with Crippen LogP contribution >= 0.6 is 0 Å². The number of aromatic nitrogens is 2. The molecule has 0 fully saturated rings. The number of ether oxygens (including phenoxy) is 1. The Hall–Kier alpha value is -3.16. The lowest BCUT2D eigenvalue weighted by atomic mass is 10.1. The molecule has 0 unspecified atom stereocenters. The molecule has 3 rings (SSSR count). The summed E-state index contributed by atoms with van der Waals surface area (Å²) in [5, 5.41) is 4.69. The average Bonchev–Trinajstić information content (AvgIpc) is 2.66. The minimum absolute atomic E-state index is 0.0565. The van der Waals surface area contributed by atoms with Crippen LogP contribution in [0.25, 0.3) is 10.8 Å². The van der Waals surface area contributed by atoms with E-state index in [2.05, 4.69) is 5.10 Å². The zero-order valence-corrected chi connectivity index (χ0v) is 14.3. The summed E-state index contributed by atoms with van der Waals surface area (Å²) in [4.78, 5) is 24.8. The van der Waals surface area contributed by atoms with Crippen molar-refractivity contribution in [3.8, 4) is 0 Å². The lowest BCUT2D eigenvalue weighted by molar-refractivity contribution is -0.137. The van der Waals surface area contributed by atoms with Crippen LogP contribution in [-0.2, 0) is 24.1 Å². The maximum absolute atomic E-state index is 12.8. The van der Waals surface area contributed by atoms with Gasteiger partial charge in [-0.3, -0.25) is 4.79 Å². The summed E-state index contributed by atoms with van der Waals surface area (Å²) in [7, 11) is 0. The number of aryl methyl sites for hydroxylation is 1. The number of halogens is 3. The van der Waals surface area contributed by atoms with Crippen LogP contribution in [0.15, 0.2) is 53.3 Å². The molecule has 0 bridgehead atoms. The predicted octanol–water partition coefficient (Wildman–Crippen LogP) is 3.79. The second-order valence-corrected chi connectivity index (χ2v) is 5.79. The molecule has 8 heteroatoms. The van der Waals surface area contributed by atoms with E-state index in [9.17, 15) is 22.8 Å². The minimum Gasteiger partial charge on any atom is -0.456 e. The molecule has 5 nitrogen and oxygen atoms in total. The molecule has 0 saturated heterocycles. The molecular formula is C19H15F3N2O3. The van der Waals surface area contributed by atoms with Gasteiger partial charge in [0.05, 0.1) is 10.9 Å². The molecule has 2 aromatic carbocycles. The number of hydrogen-bond acceptors (Lipinski definition) is 4. The van der Waals surface area contributed by atoms with E-state index in [0.29, 0.717) is 10.8 Å². The van der Waals surface area contributed by atoms with Gasteiger partial charge in [-0.15, -0.1) is 0 Å². The number of benzene rings is 2. The molecular weight excluding hydrogens is 361 g/mol. The van der Waals surface area contributed by atoms with E-state index in [0.717, 1.165) is 16.8 Å². The first-order chi connectivity index (χ1) is 12.8. The summed E-state index contributed by atoms with van der Waals surface area (Å²) in [5.74, 6) is -0.814. The molecule has 0 aliphatic heterocycles. The molecule has 27 heavy (non-hydrogen) atoms. The zero-order chi connectivity index (χ0) is 19.6. The van der Waals surface area contributed by atoms with Crippen molar-refractivity contribution in [2.45, 2.75) is 26.3 Å². The maximum atomic E-state index is 12.8. The fourth-order valence-corrected chi connectivity index (χ4v) is 2.65. The lowest BCUT2D eigenvalue weighted by Gasteiger charge is -2.11. The first-order valence-electron chi connectivity index (χ1n) is 8.14. The second kappa shape index (κ2) is 7.22. The van der Waals surface area contributed by atoms with Gasteiger partial charge >= 0.3 is 12.1 Å². The van der Waals surface area contributed by atoms with Gasteiger partial charge in [-0.2, -0.15) is 18.3 Å². The van der Waals surface area contributed by atoms with Gasteiger partial charge in [-0.1, -0.05) is 30.3 Å². The van der Waals surface area contributed by atoms with Gasteiger partial charge in [0.1, 0.15) is 6.61 Å². The SMILES string of the molecule is CCn1nc(C(=O)OCc2cccc(C(F)(F)F)c2)c2ccccc2c1=O. The van der Waals surface area contributed by atoms with Crippen LogP contribution in [-0.4, -0.2) is 15.7 Å². The normalized spacial score (nSPS) is 11.6. The fourth-order valence-electron chi connectivity index (χ4n) is 2.65. The summed E-state index contributed by atoms with van der Waals surface area (Å²) < 4.78 is 44.6. The van der Waals surface area contributed by atoms with Crippen LogP contribution in [0, 0.1) is 0 Å². The van der Waals surface area contributed by atoms with Crippen molar-refractivity contribution in [3.05, 3.63) is 75.7 Å². The third-order valence-electron chi connectivity index (χ3n) is 3.98. The predicted molar refractivity (Wildman–Crippen MR) is 92.2 cm³/mol.